The molecule has 10 nitrogen and oxygen atoms in total. The summed E-state index contributed by atoms with van der Waals surface area (Å²) in [5, 5.41) is 13.6. The van der Waals surface area contributed by atoms with Crippen molar-refractivity contribution in [1.82, 2.24) is 20.4 Å². The number of likely N-dealkylation sites (tertiary alicyclic amines) is 1. The zero-order chi connectivity index (χ0) is 27.1. The van der Waals surface area contributed by atoms with Crippen LogP contribution in [0.25, 0.3) is 10.9 Å². The van der Waals surface area contributed by atoms with Crippen LogP contribution in [0.3, 0.4) is 0 Å². The molecule has 0 bridgehead atoms. The lowest BCUT2D eigenvalue weighted by atomic mass is 9.90. The van der Waals surface area contributed by atoms with Crippen LogP contribution in [0.15, 0.2) is 66.7 Å². The molecule has 2 aliphatic rings. The highest BCUT2D eigenvalue weighted by atomic mass is 35.5. The number of benzene rings is 3. The van der Waals surface area contributed by atoms with Crippen molar-refractivity contribution in [3.05, 3.63) is 88.4 Å². The van der Waals surface area contributed by atoms with Gasteiger partial charge >= 0.3 is 6.09 Å². The third kappa shape index (κ3) is 4.63. The van der Waals surface area contributed by atoms with E-state index in [1.807, 2.05) is 30.3 Å². The lowest BCUT2D eigenvalue weighted by Crippen LogP contribution is -2.50. The highest BCUT2D eigenvalue weighted by Crippen LogP contribution is 2.43. The molecular weight excluding hydrogens is 520 g/mol. The van der Waals surface area contributed by atoms with Crippen molar-refractivity contribution in [2.24, 2.45) is 0 Å². The number of nitrogen functional groups attached to an aromatic ring is 1. The number of carbonyl (C=O) groups excluding carboxylic acids is 3. The molecule has 3 heterocycles. The highest BCUT2D eigenvalue weighted by molar-refractivity contribution is 6.30. The van der Waals surface area contributed by atoms with Gasteiger partial charge in [0.1, 0.15) is 6.04 Å². The number of nitrogens with two attached hydrogens (primary N) is 1. The SMILES string of the molecule is Nc1n[nH]c2cc(C(=O)N[C@@H](Cc3ccccc3)C(=O)N3CC[C@@]4(C3)OC(=O)Nc3ccc(Cl)cc34)ccc12. The Morgan fingerprint density at radius 2 is 1.97 bits per heavy atom. The van der Waals surface area contributed by atoms with E-state index >= 15 is 0 Å². The average molecular weight is 545 g/mol. The second kappa shape index (κ2) is 9.63. The van der Waals surface area contributed by atoms with E-state index in [4.69, 9.17) is 22.1 Å². The Bertz CT molecular complexity index is 1610. The smallest absolute Gasteiger partial charge is 0.412 e. The Labute approximate surface area is 228 Å². The molecule has 0 radical (unpaired) electrons. The number of hydrogen-bond acceptors (Lipinski definition) is 6. The minimum Gasteiger partial charge on any atom is -0.436 e. The number of carbonyl (C=O) groups is 3. The maximum atomic E-state index is 13.9. The first-order valence-electron chi connectivity index (χ1n) is 12.5. The normalized spacial score (nSPS) is 18.9. The summed E-state index contributed by atoms with van der Waals surface area (Å²) in [5.41, 5.74) is 8.04. The van der Waals surface area contributed by atoms with Gasteiger partial charge in [0.05, 0.1) is 17.7 Å². The van der Waals surface area contributed by atoms with E-state index < -0.39 is 23.6 Å². The number of ether oxygens (including phenoxy) is 1. The van der Waals surface area contributed by atoms with E-state index in [9.17, 15) is 14.4 Å². The number of hydrogen-bond donors (Lipinski definition) is 4. The summed E-state index contributed by atoms with van der Waals surface area (Å²) in [4.78, 5) is 41.2. The first-order valence-corrected chi connectivity index (χ1v) is 12.9. The van der Waals surface area contributed by atoms with Crippen LogP contribution in [0, 0.1) is 0 Å². The van der Waals surface area contributed by atoms with E-state index in [0.29, 0.717) is 46.0 Å². The van der Waals surface area contributed by atoms with E-state index in [0.717, 1.165) is 11.1 Å². The fourth-order valence-electron chi connectivity index (χ4n) is 5.34. The molecule has 1 saturated heterocycles. The lowest BCUT2D eigenvalue weighted by Gasteiger charge is -2.35. The molecule has 3 aromatic carbocycles. The van der Waals surface area contributed by atoms with E-state index in [2.05, 4.69) is 20.8 Å². The maximum absolute atomic E-state index is 13.9. The Kier molecular flexibility index (Phi) is 6.11. The summed E-state index contributed by atoms with van der Waals surface area (Å²) in [7, 11) is 0. The number of amides is 3. The number of nitrogens with zero attached hydrogens (tertiary/aromatic N) is 2. The van der Waals surface area contributed by atoms with Crippen molar-refractivity contribution in [1.29, 1.82) is 0 Å². The summed E-state index contributed by atoms with van der Waals surface area (Å²) in [6, 6.07) is 18.8. The number of anilines is 2. The van der Waals surface area contributed by atoms with Crippen molar-refractivity contribution in [2.45, 2.75) is 24.5 Å². The number of aromatic amines is 1. The predicted molar refractivity (Wildman–Crippen MR) is 146 cm³/mol. The summed E-state index contributed by atoms with van der Waals surface area (Å²) in [6.07, 6.45) is 0.115. The van der Waals surface area contributed by atoms with Gasteiger partial charge in [-0.2, -0.15) is 5.10 Å². The Balaban J connectivity index is 1.27. The van der Waals surface area contributed by atoms with Gasteiger partial charge in [-0.05, 0) is 42.0 Å². The van der Waals surface area contributed by atoms with Gasteiger partial charge in [0.25, 0.3) is 5.91 Å². The molecule has 3 amide bonds. The van der Waals surface area contributed by atoms with E-state index in [-0.39, 0.29) is 18.9 Å². The van der Waals surface area contributed by atoms with Crippen LogP contribution in [0.2, 0.25) is 5.02 Å². The second-order valence-electron chi connectivity index (χ2n) is 9.79. The molecule has 0 unspecified atom stereocenters. The fraction of sp³-hybridized carbons (Fsp3) is 0.214. The summed E-state index contributed by atoms with van der Waals surface area (Å²) in [6.45, 7) is 0.492. The third-order valence-corrected chi connectivity index (χ3v) is 7.52. The zero-order valence-electron chi connectivity index (χ0n) is 20.7. The van der Waals surface area contributed by atoms with Crippen molar-refractivity contribution < 1.29 is 19.1 Å². The Morgan fingerprint density at radius 3 is 2.79 bits per heavy atom. The van der Waals surface area contributed by atoms with Gasteiger partial charge in [-0.25, -0.2) is 4.79 Å². The Morgan fingerprint density at radius 1 is 1.15 bits per heavy atom. The topological polar surface area (TPSA) is 142 Å². The molecule has 11 heteroatoms. The maximum Gasteiger partial charge on any atom is 0.412 e. The molecule has 5 N–H and O–H groups in total. The highest BCUT2D eigenvalue weighted by Gasteiger charge is 2.49. The van der Waals surface area contributed by atoms with Crippen LogP contribution in [-0.2, 0) is 21.6 Å². The number of nitrogens with one attached hydrogen (secondary N) is 3. The van der Waals surface area contributed by atoms with Gasteiger partial charge in [0.15, 0.2) is 11.4 Å². The molecule has 4 aromatic rings. The predicted octanol–water partition coefficient (Wildman–Crippen LogP) is 3.83. The molecule has 1 spiro atoms. The number of H-pyrrole nitrogens is 1. The molecule has 6 rings (SSSR count). The van der Waals surface area contributed by atoms with Crippen LogP contribution in [-0.4, -0.2) is 52.1 Å². The van der Waals surface area contributed by atoms with Gasteiger partial charge in [-0.15, -0.1) is 0 Å². The number of fused-ring (bicyclic) bond motifs is 3. The molecule has 0 aliphatic carbocycles. The van der Waals surface area contributed by atoms with Gasteiger partial charge < -0.3 is 20.7 Å². The third-order valence-electron chi connectivity index (χ3n) is 7.28. The fourth-order valence-corrected chi connectivity index (χ4v) is 5.51. The summed E-state index contributed by atoms with van der Waals surface area (Å²) >= 11 is 6.26. The van der Waals surface area contributed by atoms with Crippen LogP contribution < -0.4 is 16.4 Å². The van der Waals surface area contributed by atoms with E-state index in [1.54, 1.807) is 41.3 Å². The monoisotopic (exact) mass is 544 g/mol. The van der Waals surface area contributed by atoms with Crippen molar-refractivity contribution in [3.63, 3.8) is 0 Å². The molecule has 1 aromatic heterocycles. The lowest BCUT2D eigenvalue weighted by molar-refractivity contribution is -0.133. The van der Waals surface area contributed by atoms with Crippen molar-refractivity contribution >= 4 is 51.9 Å². The standard InChI is InChI=1S/C28H25ClN6O4/c29-18-7-9-21-20(14-18)28(39-27(38)32-21)10-11-35(15-28)26(37)23(12-16-4-2-1-3-5-16)31-25(36)17-6-8-19-22(13-17)33-34-24(19)30/h1-9,13-14,23H,10-12,15H2,(H,31,36)(H,32,38)(H3,30,33,34)/t23-,28-/m0/s1. The van der Waals surface area contributed by atoms with Gasteiger partial charge in [0.2, 0.25) is 5.91 Å². The molecular formula is C28H25ClN6O4. The minimum atomic E-state index is -1.02. The van der Waals surface area contributed by atoms with Gasteiger partial charge in [0, 0.05) is 40.9 Å². The number of aromatic nitrogens is 2. The number of halogens is 1. The average Bonchev–Trinajstić information content (AvgIpc) is 3.52. The molecule has 2 atom stereocenters. The van der Waals surface area contributed by atoms with Crippen LogP contribution in [0.1, 0.15) is 27.9 Å². The van der Waals surface area contributed by atoms with E-state index in [1.165, 1.54) is 0 Å². The first-order chi connectivity index (χ1) is 18.8. The summed E-state index contributed by atoms with van der Waals surface area (Å²) in [5.74, 6) is -0.327. The second-order valence-corrected chi connectivity index (χ2v) is 10.2. The minimum absolute atomic E-state index is 0.146. The van der Waals surface area contributed by atoms with Crippen molar-refractivity contribution in [2.75, 3.05) is 24.1 Å². The quantitative estimate of drug-likeness (QED) is 0.301. The largest absolute Gasteiger partial charge is 0.436 e. The van der Waals surface area contributed by atoms with Crippen LogP contribution in [0.4, 0.5) is 16.3 Å². The van der Waals surface area contributed by atoms with Crippen molar-refractivity contribution in [3.8, 4) is 0 Å². The molecule has 0 saturated carbocycles. The molecule has 2 aliphatic heterocycles. The Hall–Kier alpha value is -4.57. The van der Waals surface area contributed by atoms with Crippen LogP contribution >= 0.6 is 11.6 Å². The molecule has 39 heavy (non-hydrogen) atoms. The molecule has 1 fully saturated rings. The summed E-state index contributed by atoms with van der Waals surface area (Å²) < 4.78 is 5.78. The first kappa shape index (κ1) is 24.7. The van der Waals surface area contributed by atoms with Gasteiger partial charge in [-0.1, -0.05) is 41.9 Å². The zero-order valence-corrected chi connectivity index (χ0v) is 21.5. The van der Waals surface area contributed by atoms with Gasteiger partial charge in [-0.3, -0.25) is 20.0 Å². The molecule has 198 valence electrons. The van der Waals surface area contributed by atoms with Crippen LogP contribution in [0.5, 0.6) is 0 Å². The number of rotatable bonds is 5.